The Kier molecular flexibility index (Phi) is 8.55. The summed E-state index contributed by atoms with van der Waals surface area (Å²) in [5.41, 5.74) is 3.09. The van der Waals surface area contributed by atoms with Crippen LogP contribution in [0.4, 0.5) is 4.79 Å². The van der Waals surface area contributed by atoms with Crippen molar-refractivity contribution in [2.75, 3.05) is 26.8 Å². The summed E-state index contributed by atoms with van der Waals surface area (Å²) >= 11 is 1.53. The van der Waals surface area contributed by atoms with E-state index >= 15 is 0 Å². The van der Waals surface area contributed by atoms with Gasteiger partial charge in [-0.15, -0.1) is 11.3 Å². The van der Waals surface area contributed by atoms with Crippen molar-refractivity contribution < 1.29 is 24.2 Å². The van der Waals surface area contributed by atoms with Crippen LogP contribution in [0.15, 0.2) is 42.0 Å². The summed E-state index contributed by atoms with van der Waals surface area (Å²) in [5, 5.41) is 10.8. The van der Waals surface area contributed by atoms with E-state index in [1.54, 1.807) is 7.11 Å². The summed E-state index contributed by atoms with van der Waals surface area (Å²) in [6.45, 7) is 8.25. The number of ketones is 1. The highest BCUT2D eigenvalue weighted by Crippen LogP contribution is 2.61. The van der Waals surface area contributed by atoms with Crippen molar-refractivity contribution >= 4 is 23.2 Å². The number of aryl methyl sites for hydroxylation is 1. The smallest absolute Gasteiger partial charge is 0.410 e. The van der Waals surface area contributed by atoms with Gasteiger partial charge in [-0.3, -0.25) is 4.79 Å². The average molecular weight is 566 g/mol. The van der Waals surface area contributed by atoms with Crippen molar-refractivity contribution in [3.8, 4) is 0 Å². The first-order valence-electron chi connectivity index (χ1n) is 14.7. The standard InChI is InChI=1S/C33H43NO5S/c1-22-7-5-15-32(3)28(14-16-33(32)21-34(31(37)39-33)17-6-18-38-4)26-12-10-24(19-25(35)11-8-22)20-27(26)30(36)29-13-9-23(2)40-29/h7,9-10,12-13,20,25,28,35H,5-6,8,11,14-19,21H2,1-4H3/t25-,28-,32-,33+/m0/s1. The predicted molar refractivity (Wildman–Crippen MR) is 158 cm³/mol. The first kappa shape index (κ1) is 29.0. The molecule has 1 aliphatic heterocycles. The average Bonchev–Trinajstić information content (AvgIpc) is 3.58. The van der Waals surface area contributed by atoms with Gasteiger partial charge >= 0.3 is 6.09 Å². The minimum atomic E-state index is -0.602. The van der Waals surface area contributed by atoms with E-state index in [1.165, 1.54) is 16.9 Å². The van der Waals surface area contributed by atoms with Gasteiger partial charge in [0.25, 0.3) is 0 Å². The maximum atomic E-state index is 14.0. The number of methoxy groups -OCH3 is 1. The van der Waals surface area contributed by atoms with Crippen molar-refractivity contribution in [1.82, 2.24) is 4.90 Å². The number of amides is 1. The number of thiophene rings is 1. The highest BCUT2D eigenvalue weighted by atomic mass is 32.1. The van der Waals surface area contributed by atoms with Crippen LogP contribution in [0.5, 0.6) is 0 Å². The molecule has 4 aliphatic rings. The van der Waals surface area contributed by atoms with Gasteiger partial charge in [0, 0.05) is 36.1 Å². The van der Waals surface area contributed by atoms with Crippen LogP contribution in [0, 0.1) is 12.3 Å². The van der Waals surface area contributed by atoms with Gasteiger partial charge in [-0.2, -0.15) is 0 Å². The number of aliphatic hydroxyl groups is 1. The van der Waals surface area contributed by atoms with Gasteiger partial charge in [-0.25, -0.2) is 4.79 Å². The lowest BCUT2D eigenvalue weighted by Crippen LogP contribution is -2.48. The van der Waals surface area contributed by atoms with Crippen LogP contribution >= 0.6 is 11.3 Å². The zero-order valence-electron chi connectivity index (χ0n) is 24.3. The Labute approximate surface area is 242 Å². The highest BCUT2D eigenvalue weighted by molar-refractivity contribution is 7.14. The topological polar surface area (TPSA) is 76.1 Å². The second-order valence-electron chi connectivity index (χ2n) is 12.3. The van der Waals surface area contributed by atoms with E-state index < -0.39 is 11.7 Å². The quantitative estimate of drug-likeness (QED) is 0.236. The summed E-state index contributed by atoms with van der Waals surface area (Å²) < 4.78 is 11.6. The number of rotatable bonds is 6. The number of hydrogen-bond donors (Lipinski definition) is 1. The number of carbonyl (C=O) groups is 2. The molecule has 1 spiro atoms. The largest absolute Gasteiger partial charge is 0.440 e. The Morgan fingerprint density at radius 3 is 2.77 bits per heavy atom. The lowest BCUT2D eigenvalue weighted by Gasteiger charge is -2.43. The van der Waals surface area contributed by atoms with E-state index in [4.69, 9.17) is 9.47 Å². The lowest BCUT2D eigenvalue weighted by atomic mass is 9.65. The molecule has 1 amide bonds. The van der Waals surface area contributed by atoms with Gasteiger partial charge in [-0.1, -0.05) is 30.7 Å². The summed E-state index contributed by atoms with van der Waals surface area (Å²) in [6.07, 6.45) is 7.77. The molecule has 7 heteroatoms. The van der Waals surface area contributed by atoms with Gasteiger partial charge in [0.2, 0.25) is 5.78 Å². The summed E-state index contributed by atoms with van der Waals surface area (Å²) in [7, 11) is 1.68. The molecular formula is C33H43NO5S. The third kappa shape index (κ3) is 5.53. The van der Waals surface area contributed by atoms with E-state index in [1.807, 2.05) is 30.0 Å². The molecule has 3 aliphatic carbocycles. The predicted octanol–water partition coefficient (Wildman–Crippen LogP) is 6.82. The molecule has 1 saturated carbocycles. The molecule has 1 aromatic heterocycles. The number of ether oxygens (including phenoxy) is 2. The molecule has 0 radical (unpaired) electrons. The number of hydrogen-bond acceptors (Lipinski definition) is 6. The van der Waals surface area contributed by atoms with Crippen LogP contribution in [0.2, 0.25) is 0 Å². The number of allylic oxidation sites excluding steroid dienone is 2. The molecule has 2 heterocycles. The maximum Gasteiger partial charge on any atom is 0.410 e. The van der Waals surface area contributed by atoms with Crippen LogP contribution in [0.3, 0.4) is 0 Å². The summed E-state index contributed by atoms with van der Waals surface area (Å²) in [6, 6.07) is 10.2. The van der Waals surface area contributed by atoms with E-state index in [9.17, 15) is 14.7 Å². The van der Waals surface area contributed by atoms with E-state index in [0.717, 1.165) is 65.0 Å². The second kappa shape index (κ2) is 11.8. The van der Waals surface area contributed by atoms with Crippen molar-refractivity contribution in [1.29, 1.82) is 0 Å². The van der Waals surface area contributed by atoms with Gasteiger partial charge in [0.1, 0.15) is 5.60 Å². The van der Waals surface area contributed by atoms with Crippen LogP contribution in [0.1, 0.15) is 96.0 Å². The molecule has 6 rings (SSSR count). The SMILES string of the molecule is COCCCN1C[C@@]2(CC[C@H]3c4ccc(cc4C(=O)c4ccc(C)s4)C[C@@H](O)CCC(C)=CCC[C@@]32C)OC1=O. The van der Waals surface area contributed by atoms with Crippen molar-refractivity contribution in [3.05, 3.63) is 68.4 Å². The lowest BCUT2D eigenvalue weighted by molar-refractivity contribution is -0.0373. The fourth-order valence-corrected chi connectivity index (χ4v) is 8.06. The number of carbonyl (C=O) groups excluding carboxylic acids is 2. The molecule has 0 unspecified atom stereocenters. The van der Waals surface area contributed by atoms with Gasteiger partial charge in [0.05, 0.1) is 17.5 Å². The zero-order valence-corrected chi connectivity index (χ0v) is 25.1. The second-order valence-corrected chi connectivity index (χ2v) is 13.6. The highest BCUT2D eigenvalue weighted by Gasteiger charge is 2.63. The minimum absolute atomic E-state index is 0.0418. The van der Waals surface area contributed by atoms with Crippen molar-refractivity contribution in [3.63, 3.8) is 0 Å². The Morgan fingerprint density at radius 2 is 2.02 bits per heavy atom. The third-order valence-corrected chi connectivity index (χ3v) is 10.6. The van der Waals surface area contributed by atoms with Crippen molar-refractivity contribution in [2.45, 2.75) is 89.8 Å². The fraction of sp³-hybridized carbons (Fsp3) is 0.576. The minimum Gasteiger partial charge on any atom is -0.440 e. The summed E-state index contributed by atoms with van der Waals surface area (Å²) in [5.74, 6) is 0.107. The maximum absolute atomic E-state index is 14.0. The molecule has 6 nitrogen and oxygen atoms in total. The normalized spacial score (nSPS) is 28.9. The van der Waals surface area contributed by atoms with E-state index in [2.05, 4.69) is 32.1 Å². The molecule has 216 valence electrons. The van der Waals surface area contributed by atoms with Crippen molar-refractivity contribution in [2.24, 2.45) is 5.41 Å². The molecule has 1 aromatic carbocycles. The Hall–Kier alpha value is -2.48. The molecule has 4 atom stereocenters. The summed E-state index contributed by atoms with van der Waals surface area (Å²) in [4.78, 5) is 30.9. The first-order valence-corrected chi connectivity index (χ1v) is 15.5. The Morgan fingerprint density at radius 1 is 1.20 bits per heavy atom. The van der Waals surface area contributed by atoms with Gasteiger partial charge in [0.15, 0.2) is 0 Å². The van der Waals surface area contributed by atoms with Crippen LogP contribution < -0.4 is 0 Å². The molecule has 2 bridgehead atoms. The Balaban J connectivity index is 1.58. The van der Waals surface area contributed by atoms with E-state index in [0.29, 0.717) is 32.5 Å². The monoisotopic (exact) mass is 565 g/mol. The number of fused-ring (bicyclic) bond motifs is 8. The first-order chi connectivity index (χ1) is 19.2. The zero-order chi connectivity index (χ0) is 28.5. The van der Waals surface area contributed by atoms with Crippen LogP contribution in [-0.4, -0.2) is 60.4 Å². The number of nitrogens with zero attached hydrogens (tertiary/aromatic N) is 1. The fourth-order valence-electron chi connectivity index (χ4n) is 7.24. The molecular weight excluding hydrogens is 522 g/mol. The molecule has 2 fully saturated rings. The molecule has 1 saturated heterocycles. The van der Waals surface area contributed by atoms with Gasteiger partial charge in [-0.05, 0) is 100 Å². The number of benzene rings is 1. The molecule has 40 heavy (non-hydrogen) atoms. The van der Waals surface area contributed by atoms with Crippen LogP contribution in [0.25, 0.3) is 0 Å². The molecule has 2 aromatic rings. The molecule has 1 N–H and O–H groups in total. The number of aliphatic hydroxyl groups excluding tert-OH is 1. The van der Waals surface area contributed by atoms with Gasteiger partial charge < -0.3 is 19.5 Å². The van der Waals surface area contributed by atoms with E-state index in [-0.39, 0.29) is 23.2 Å². The Bertz CT molecular complexity index is 1280. The third-order valence-electron chi connectivity index (χ3n) is 9.61. The van der Waals surface area contributed by atoms with Crippen LogP contribution in [-0.2, 0) is 15.9 Å².